The number of nitrogens with two attached hydrogens (primary N) is 3. The normalized spacial score (nSPS) is 17.0. The van der Waals surface area contributed by atoms with Crippen molar-refractivity contribution in [3.63, 3.8) is 0 Å². The maximum Gasteiger partial charge on any atom is 0.326 e. The highest BCUT2D eigenvalue weighted by Gasteiger charge is 2.59. The zero-order valence-corrected chi connectivity index (χ0v) is 49.3. The van der Waals surface area contributed by atoms with Crippen LogP contribution in [0, 0.1) is 5.21 Å². The number of benzene rings is 2. The summed E-state index contributed by atoms with van der Waals surface area (Å²) >= 11 is 0. The van der Waals surface area contributed by atoms with Gasteiger partial charge in [-0.3, -0.25) is 52.9 Å². The second kappa shape index (κ2) is 33.7. The highest BCUT2D eigenvalue weighted by Crippen LogP contribution is 2.37. The van der Waals surface area contributed by atoms with Crippen molar-refractivity contribution in [1.29, 1.82) is 0 Å². The van der Waals surface area contributed by atoms with Crippen molar-refractivity contribution < 1.29 is 72.8 Å². The summed E-state index contributed by atoms with van der Waals surface area (Å²) in [5.74, 6) is -9.20. The number of nitrogens with zero attached hydrogens (tertiary/aromatic N) is 3. The van der Waals surface area contributed by atoms with Crippen LogP contribution in [0.15, 0.2) is 59.6 Å². The second-order valence-electron chi connectivity index (χ2n) is 22.0. The fourth-order valence-corrected chi connectivity index (χ4v) is 9.16. The van der Waals surface area contributed by atoms with E-state index in [1.54, 1.807) is 58.0 Å². The minimum absolute atomic E-state index is 0.00120. The van der Waals surface area contributed by atoms with Crippen molar-refractivity contribution in [1.82, 2.24) is 52.9 Å². The number of amides is 8. The van der Waals surface area contributed by atoms with E-state index >= 15 is 0 Å². The third-order valence-corrected chi connectivity index (χ3v) is 14.9. The molecule has 30 heteroatoms. The van der Waals surface area contributed by atoms with Crippen LogP contribution in [0.3, 0.4) is 0 Å². The van der Waals surface area contributed by atoms with Gasteiger partial charge in [-0.05, 0) is 142 Å². The molecule has 2 heterocycles. The van der Waals surface area contributed by atoms with Crippen LogP contribution in [0.2, 0.25) is 0 Å². The highest BCUT2D eigenvalue weighted by molar-refractivity contribution is 5.97. The number of hydrogen-bond donors (Lipinski definition) is 15. The van der Waals surface area contributed by atoms with Crippen molar-refractivity contribution in [2.75, 3.05) is 39.3 Å². The Labute approximate surface area is 498 Å². The lowest BCUT2D eigenvalue weighted by Crippen LogP contribution is -2.56. The Kier molecular flexibility index (Phi) is 27.4. The third kappa shape index (κ3) is 21.5. The number of rotatable bonds is 36. The van der Waals surface area contributed by atoms with Crippen LogP contribution in [0.1, 0.15) is 116 Å². The molecule has 1 fully saturated rings. The van der Waals surface area contributed by atoms with E-state index in [1.807, 2.05) is 0 Å². The van der Waals surface area contributed by atoms with Gasteiger partial charge >= 0.3 is 17.8 Å². The Morgan fingerprint density at radius 1 is 0.733 bits per heavy atom. The predicted octanol–water partition coefficient (Wildman–Crippen LogP) is -2.35. The highest BCUT2D eigenvalue weighted by atomic mass is 16.5. The number of carboxylic acid groups (broad SMARTS) is 2. The van der Waals surface area contributed by atoms with Gasteiger partial charge in [0.25, 0.3) is 5.91 Å². The Morgan fingerprint density at radius 3 is 1.90 bits per heavy atom. The van der Waals surface area contributed by atoms with E-state index in [1.165, 1.54) is 31.2 Å². The van der Waals surface area contributed by atoms with Crippen molar-refractivity contribution in [3.05, 3.63) is 70.9 Å². The molecule has 0 radical (unpaired) electrons. The van der Waals surface area contributed by atoms with E-state index < -0.39 is 126 Å². The molecule has 0 aliphatic carbocycles. The number of aliphatic carboxylic acids is 2. The van der Waals surface area contributed by atoms with Crippen molar-refractivity contribution in [2.45, 2.75) is 165 Å². The zero-order chi connectivity index (χ0) is 63.7. The minimum atomic E-state index is -1.78. The van der Waals surface area contributed by atoms with Gasteiger partial charge in [-0.25, -0.2) is 10.0 Å². The van der Waals surface area contributed by atoms with Crippen LogP contribution in [0.4, 0.5) is 0 Å². The molecule has 474 valence electrons. The van der Waals surface area contributed by atoms with Gasteiger partial charge in [-0.1, -0.05) is 30.3 Å². The molecule has 0 aromatic heterocycles. The Balaban J connectivity index is 1.48. The minimum Gasteiger partial charge on any atom is -0.714 e. The third-order valence-electron chi connectivity index (χ3n) is 14.9. The molecule has 18 N–H and O–H groups in total. The van der Waals surface area contributed by atoms with Crippen LogP contribution in [0.5, 0.6) is 5.75 Å². The smallest absolute Gasteiger partial charge is 0.326 e. The van der Waals surface area contributed by atoms with Gasteiger partial charge < -0.3 is 85.2 Å². The number of hydroxylamine groups is 3. The van der Waals surface area contributed by atoms with Gasteiger partial charge in [0.05, 0.1) is 24.6 Å². The summed E-state index contributed by atoms with van der Waals surface area (Å²) in [6, 6.07) is 5.85. The number of hydrogen-bond acceptors (Lipinski definition) is 17. The van der Waals surface area contributed by atoms with E-state index in [2.05, 4.69) is 52.8 Å². The number of guanidine groups is 1. The Bertz CT molecular complexity index is 2740. The fourth-order valence-electron chi connectivity index (χ4n) is 9.16. The SMILES string of the molecule is CC(NC(=O)C1CCCN1)C(=O)NC(CCCCN)C(=O)NCCCC[C@H](NC(=O)COc1ccc(C2=[N+]([O-])C(C)(C)C(C)(C)N2O)cc1)C(=O)NC(CCCN=C(N)N)C(=O)NCC(=O)NC(CC(=O)O)C(=O)NC(Cc1ccccc1)C(=O)O. The molecule has 2 aromatic carbocycles. The lowest BCUT2D eigenvalue weighted by atomic mass is 9.84. The van der Waals surface area contributed by atoms with Gasteiger partial charge in [-0.15, -0.1) is 5.06 Å². The average molecular weight is 1210 g/mol. The van der Waals surface area contributed by atoms with E-state index in [0.717, 1.165) is 11.5 Å². The van der Waals surface area contributed by atoms with E-state index in [9.17, 15) is 68.6 Å². The van der Waals surface area contributed by atoms with Crippen molar-refractivity contribution in [3.8, 4) is 5.75 Å². The quantitative estimate of drug-likeness (QED) is 0.0112. The lowest BCUT2D eigenvalue weighted by molar-refractivity contribution is -0.539. The summed E-state index contributed by atoms with van der Waals surface area (Å²) in [6.07, 6.45) is 1.95. The number of carbonyl (C=O) groups is 10. The fraction of sp³-hybridized carbons (Fsp3) is 0.571. The van der Waals surface area contributed by atoms with Crippen LogP contribution < -0.4 is 69.8 Å². The van der Waals surface area contributed by atoms with E-state index in [4.69, 9.17) is 21.9 Å². The molecular weight excluding hydrogens is 1120 g/mol. The molecule has 2 aliphatic heterocycles. The number of ether oxygens (including phenoxy) is 1. The predicted molar refractivity (Wildman–Crippen MR) is 312 cm³/mol. The number of nitrogens with one attached hydrogen (secondary N) is 9. The first-order chi connectivity index (χ1) is 40.7. The monoisotopic (exact) mass is 1210 g/mol. The topological polar surface area (TPSA) is 469 Å². The molecule has 4 rings (SSSR count). The van der Waals surface area contributed by atoms with Crippen molar-refractivity contribution in [2.24, 2.45) is 22.2 Å². The van der Waals surface area contributed by atoms with Gasteiger partial charge in [0.1, 0.15) is 47.5 Å². The molecule has 1 saturated heterocycles. The number of carbonyl (C=O) groups excluding carboxylic acids is 8. The molecule has 30 nitrogen and oxygen atoms in total. The lowest BCUT2D eigenvalue weighted by Gasteiger charge is -2.33. The van der Waals surface area contributed by atoms with Gasteiger partial charge in [0, 0.05) is 19.5 Å². The summed E-state index contributed by atoms with van der Waals surface area (Å²) in [6.45, 7) is 7.93. The molecule has 8 amide bonds. The molecule has 0 bridgehead atoms. The summed E-state index contributed by atoms with van der Waals surface area (Å²) in [7, 11) is 0. The molecule has 7 atom stereocenters. The molecule has 2 aromatic rings. The molecular formula is C56H85N15O15. The Morgan fingerprint density at radius 2 is 1.31 bits per heavy atom. The summed E-state index contributed by atoms with van der Waals surface area (Å²) in [4.78, 5) is 135. The van der Waals surface area contributed by atoms with Crippen LogP contribution in [0.25, 0.3) is 0 Å². The Hall–Kier alpha value is -8.64. The largest absolute Gasteiger partial charge is 0.714 e. The van der Waals surface area contributed by atoms with Gasteiger partial charge in [0.15, 0.2) is 18.1 Å². The first kappa shape index (κ1) is 69.9. The summed E-state index contributed by atoms with van der Waals surface area (Å²) < 4.78 is 6.45. The zero-order valence-electron chi connectivity index (χ0n) is 49.3. The van der Waals surface area contributed by atoms with Crippen LogP contribution >= 0.6 is 0 Å². The number of amidine groups is 1. The molecule has 86 heavy (non-hydrogen) atoms. The summed E-state index contributed by atoms with van der Waals surface area (Å²) in [5, 5.41) is 67.8. The molecule has 2 aliphatic rings. The number of carboxylic acids is 2. The van der Waals surface area contributed by atoms with Gasteiger partial charge in [0.2, 0.25) is 41.4 Å². The standard InChI is InChI=1S/C56H85N15O15/c1-33(64-49(79)37-19-13-27-60-37)46(76)67-38(17-9-11-25-57)47(77)61-26-12-10-18-40(65-44(73)32-86-36-23-21-35(22-24-36)52-70(84)55(2,3)56(4,5)71(52)85)50(80)68-39(20-14-28-62-54(58)59)48(78)63-31-43(72)66-41(30-45(74)75)51(81)69-42(53(82)83)29-34-15-7-6-8-16-34/h6-8,15-16,21-24,33,37-42,60,84H,9-14,17-20,25-32,57H2,1-5H3,(H,61,77)(H,63,78)(H,64,79)(H,65,73)(H,66,72)(H,67,76)(H,68,80)(H,69,81)(H,74,75)(H,82,83)(H4,58,59,62)/t33?,37?,38?,39?,40-,41?,42?/m0/s1. The maximum absolute atomic E-state index is 14.3. The first-order valence-corrected chi connectivity index (χ1v) is 28.6. The van der Waals surface area contributed by atoms with Crippen LogP contribution in [-0.4, -0.2) is 189 Å². The van der Waals surface area contributed by atoms with Crippen molar-refractivity contribution >= 4 is 71.0 Å². The molecule has 6 unspecified atom stereocenters. The first-order valence-electron chi connectivity index (χ1n) is 28.6. The van der Waals surface area contributed by atoms with E-state index in [0.29, 0.717) is 48.2 Å². The summed E-state index contributed by atoms with van der Waals surface area (Å²) in [5.41, 5.74) is 15.6. The number of unbranched alkanes of at least 4 members (excludes halogenated alkanes) is 2. The second-order valence-corrected chi connectivity index (χ2v) is 22.0. The maximum atomic E-state index is 14.3. The molecule has 0 saturated carbocycles. The van der Waals surface area contributed by atoms with Gasteiger partial charge in [-0.2, -0.15) is 0 Å². The number of aliphatic imine (C=N–C) groups is 1. The van der Waals surface area contributed by atoms with Crippen LogP contribution in [-0.2, 0) is 54.4 Å². The van der Waals surface area contributed by atoms with E-state index in [-0.39, 0.29) is 81.5 Å². The molecule has 0 spiro atoms. The average Bonchev–Trinajstić information content (AvgIpc) is 1.61.